The van der Waals surface area contributed by atoms with Crippen molar-refractivity contribution in [3.63, 3.8) is 0 Å². The molecule has 2 heterocycles. The molecule has 1 aromatic rings. The molecule has 0 aliphatic carbocycles. The van der Waals surface area contributed by atoms with Gasteiger partial charge in [-0.05, 0) is 33.2 Å². The zero-order chi connectivity index (χ0) is 13.1. The third-order valence-electron chi connectivity index (χ3n) is 3.25. The van der Waals surface area contributed by atoms with Crippen molar-refractivity contribution in [1.29, 1.82) is 0 Å². The van der Waals surface area contributed by atoms with Gasteiger partial charge in [-0.1, -0.05) is 11.6 Å². The topological polar surface area (TPSA) is 59.0 Å². The van der Waals surface area contributed by atoms with Crippen molar-refractivity contribution in [1.82, 2.24) is 20.4 Å². The Morgan fingerprint density at radius 3 is 2.84 bits per heavy atom. The summed E-state index contributed by atoms with van der Waals surface area (Å²) in [4.78, 5) is 11.9. The van der Waals surface area contributed by atoms with Gasteiger partial charge in [-0.3, -0.25) is 9.48 Å². The van der Waals surface area contributed by atoms with E-state index in [-0.39, 0.29) is 30.9 Å². The molecule has 0 bridgehead atoms. The fraction of sp³-hybridized carbons (Fsp3) is 0.667. The number of carbonyl (C=O) groups is 1. The number of nitrogens with zero attached hydrogens (tertiary/aromatic N) is 2. The number of aryl methyl sites for hydroxylation is 1. The summed E-state index contributed by atoms with van der Waals surface area (Å²) in [6, 6.07) is 0.235. The predicted molar refractivity (Wildman–Crippen MR) is 78.0 cm³/mol. The SMILES string of the molecule is Cc1nn(CC(=O)N[C@H]2CCCNC2)c(C)c1Cl.Cl. The van der Waals surface area contributed by atoms with Crippen molar-refractivity contribution in [3.05, 3.63) is 16.4 Å². The lowest BCUT2D eigenvalue weighted by atomic mass is 10.1. The van der Waals surface area contributed by atoms with E-state index < -0.39 is 0 Å². The van der Waals surface area contributed by atoms with Crippen LogP contribution in [0, 0.1) is 13.8 Å². The molecule has 1 amide bonds. The zero-order valence-electron chi connectivity index (χ0n) is 11.2. The molecule has 2 rings (SSSR count). The second-order valence-electron chi connectivity index (χ2n) is 4.75. The number of nitrogens with one attached hydrogen (secondary N) is 2. The Bertz CT molecular complexity index is 441. The number of halogens is 2. The predicted octanol–water partition coefficient (Wildman–Crippen LogP) is 1.44. The van der Waals surface area contributed by atoms with Crippen LogP contribution in [0.25, 0.3) is 0 Å². The fourth-order valence-electron chi connectivity index (χ4n) is 2.21. The molecule has 0 unspecified atom stereocenters. The summed E-state index contributed by atoms with van der Waals surface area (Å²) in [6.07, 6.45) is 2.15. The minimum absolute atomic E-state index is 0. The molecule has 0 radical (unpaired) electrons. The van der Waals surface area contributed by atoms with Crippen molar-refractivity contribution < 1.29 is 4.79 Å². The first-order valence-corrected chi connectivity index (χ1v) is 6.65. The average molecular weight is 307 g/mol. The van der Waals surface area contributed by atoms with E-state index >= 15 is 0 Å². The first kappa shape index (κ1) is 16.3. The highest BCUT2D eigenvalue weighted by molar-refractivity contribution is 6.31. The van der Waals surface area contributed by atoms with Gasteiger partial charge < -0.3 is 10.6 Å². The van der Waals surface area contributed by atoms with Gasteiger partial charge in [-0.15, -0.1) is 12.4 Å². The van der Waals surface area contributed by atoms with Gasteiger partial charge in [0.25, 0.3) is 0 Å². The Labute approximate surface area is 124 Å². The number of hydrogen-bond acceptors (Lipinski definition) is 3. The van der Waals surface area contributed by atoms with Crippen LogP contribution in [0.3, 0.4) is 0 Å². The van der Waals surface area contributed by atoms with Gasteiger partial charge in [0.1, 0.15) is 6.54 Å². The largest absolute Gasteiger partial charge is 0.350 e. The number of amides is 1. The third-order valence-corrected chi connectivity index (χ3v) is 3.80. The van der Waals surface area contributed by atoms with Crippen molar-refractivity contribution >= 4 is 29.9 Å². The van der Waals surface area contributed by atoms with Crippen LogP contribution in [0.1, 0.15) is 24.2 Å². The fourth-order valence-corrected chi connectivity index (χ4v) is 2.35. The van der Waals surface area contributed by atoms with Crippen LogP contribution >= 0.6 is 24.0 Å². The maximum Gasteiger partial charge on any atom is 0.242 e. The highest BCUT2D eigenvalue weighted by Gasteiger charge is 2.17. The minimum Gasteiger partial charge on any atom is -0.350 e. The summed E-state index contributed by atoms with van der Waals surface area (Å²) < 4.78 is 1.66. The summed E-state index contributed by atoms with van der Waals surface area (Å²) in [6.45, 7) is 5.84. The average Bonchev–Trinajstić information content (AvgIpc) is 2.58. The Balaban J connectivity index is 0.00000180. The second kappa shape index (κ2) is 7.12. The first-order valence-electron chi connectivity index (χ1n) is 6.27. The van der Waals surface area contributed by atoms with Crippen LogP contribution in [0.4, 0.5) is 0 Å². The van der Waals surface area contributed by atoms with Crippen molar-refractivity contribution in [2.75, 3.05) is 13.1 Å². The standard InChI is InChI=1S/C12H19ClN4O.ClH/c1-8-12(13)9(2)17(16-8)7-11(18)15-10-4-3-5-14-6-10;/h10,14H,3-7H2,1-2H3,(H,15,18);1H/t10-;/m0./s1. The van der Waals surface area contributed by atoms with Gasteiger partial charge >= 0.3 is 0 Å². The molecule has 1 atom stereocenters. The molecule has 7 heteroatoms. The molecule has 1 aliphatic rings. The second-order valence-corrected chi connectivity index (χ2v) is 5.13. The molecule has 1 aliphatic heterocycles. The molecule has 0 spiro atoms. The first-order chi connectivity index (χ1) is 8.58. The van der Waals surface area contributed by atoms with Crippen molar-refractivity contribution in [2.45, 2.75) is 39.3 Å². The van der Waals surface area contributed by atoms with E-state index in [1.165, 1.54) is 0 Å². The Hall–Kier alpha value is -0.780. The minimum atomic E-state index is -0.00836. The molecule has 5 nitrogen and oxygen atoms in total. The highest BCUT2D eigenvalue weighted by Crippen LogP contribution is 2.18. The molecule has 0 saturated carbocycles. The normalized spacial score (nSPS) is 18.8. The zero-order valence-corrected chi connectivity index (χ0v) is 12.8. The lowest BCUT2D eigenvalue weighted by Crippen LogP contribution is -2.46. The van der Waals surface area contributed by atoms with E-state index in [9.17, 15) is 4.79 Å². The van der Waals surface area contributed by atoms with E-state index in [2.05, 4.69) is 15.7 Å². The van der Waals surface area contributed by atoms with Gasteiger partial charge in [0.15, 0.2) is 0 Å². The lowest BCUT2D eigenvalue weighted by molar-refractivity contribution is -0.122. The van der Waals surface area contributed by atoms with Crippen LogP contribution < -0.4 is 10.6 Å². The maximum absolute atomic E-state index is 11.9. The van der Waals surface area contributed by atoms with Crippen LogP contribution in [-0.4, -0.2) is 34.8 Å². The summed E-state index contributed by atoms with van der Waals surface area (Å²) in [5.74, 6) is -0.00836. The van der Waals surface area contributed by atoms with Gasteiger partial charge in [0.2, 0.25) is 5.91 Å². The third kappa shape index (κ3) is 4.09. The van der Waals surface area contributed by atoms with Crippen LogP contribution in [0.5, 0.6) is 0 Å². The molecule has 2 N–H and O–H groups in total. The van der Waals surface area contributed by atoms with Crippen LogP contribution in [0.15, 0.2) is 0 Å². The molecule has 0 aromatic carbocycles. The van der Waals surface area contributed by atoms with E-state index in [0.717, 1.165) is 37.3 Å². The van der Waals surface area contributed by atoms with Gasteiger partial charge in [-0.25, -0.2) is 0 Å². The Morgan fingerprint density at radius 1 is 1.58 bits per heavy atom. The van der Waals surface area contributed by atoms with Gasteiger partial charge in [-0.2, -0.15) is 5.10 Å². The molecule has 1 aromatic heterocycles. The monoisotopic (exact) mass is 306 g/mol. The number of rotatable bonds is 3. The molecule has 19 heavy (non-hydrogen) atoms. The number of aromatic nitrogens is 2. The van der Waals surface area contributed by atoms with Crippen molar-refractivity contribution in [2.24, 2.45) is 0 Å². The Kier molecular flexibility index (Phi) is 6.10. The quantitative estimate of drug-likeness (QED) is 0.888. The molecule has 108 valence electrons. The molecule has 1 saturated heterocycles. The highest BCUT2D eigenvalue weighted by atomic mass is 35.5. The van der Waals surface area contributed by atoms with E-state index in [4.69, 9.17) is 11.6 Å². The van der Waals surface area contributed by atoms with E-state index in [1.54, 1.807) is 4.68 Å². The molecular weight excluding hydrogens is 287 g/mol. The summed E-state index contributed by atoms with van der Waals surface area (Å²) >= 11 is 6.05. The maximum atomic E-state index is 11.9. The van der Waals surface area contributed by atoms with E-state index in [0.29, 0.717) is 5.02 Å². The number of carbonyl (C=O) groups excluding carboxylic acids is 1. The Morgan fingerprint density at radius 2 is 2.32 bits per heavy atom. The number of hydrogen-bond donors (Lipinski definition) is 2. The molecular formula is C12H20Cl2N4O. The number of piperidine rings is 1. The smallest absolute Gasteiger partial charge is 0.242 e. The molecule has 1 fully saturated rings. The van der Waals surface area contributed by atoms with Gasteiger partial charge in [0.05, 0.1) is 16.4 Å². The summed E-state index contributed by atoms with van der Waals surface area (Å²) in [7, 11) is 0. The summed E-state index contributed by atoms with van der Waals surface area (Å²) in [5, 5.41) is 11.2. The van der Waals surface area contributed by atoms with Crippen LogP contribution in [0.2, 0.25) is 5.02 Å². The lowest BCUT2D eigenvalue weighted by Gasteiger charge is -2.23. The van der Waals surface area contributed by atoms with Crippen LogP contribution in [-0.2, 0) is 11.3 Å². The van der Waals surface area contributed by atoms with Crippen molar-refractivity contribution in [3.8, 4) is 0 Å². The van der Waals surface area contributed by atoms with Gasteiger partial charge in [0, 0.05) is 12.6 Å². The van der Waals surface area contributed by atoms with E-state index in [1.807, 2.05) is 13.8 Å². The summed E-state index contributed by atoms with van der Waals surface area (Å²) in [5.41, 5.74) is 1.60.